The molecule has 3 aromatic rings. The average molecular weight is 458 g/mol. The SMILES string of the molecule is O=C(CCCn1c(=O)oc2ccccc21)Nc1cccc(S(=O)(=O)N2CCCCCC2)c1. The third-order valence-electron chi connectivity index (χ3n) is 5.68. The molecule has 1 amide bonds. The molecule has 0 atom stereocenters. The Kier molecular flexibility index (Phi) is 6.76. The second kappa shape index (κ2) is 9.70. The molecule has 4 rings (SSSR count). The van der Waals surface area contributed by atoms with E-state index in [2.05, 4.69) is 5.32 Å². The Morgan fingerprint density at radius 3 is 2.53 bits per heavy atom. The summed E-state index contributed by atoms with van der Waals surface area (Å²) in [6.45, 7) is 1.41. The largest absolute Gasteiger partial charge is 0.419 e. The number of carbonyl (C=O) groups excluding carboxylic acids is 1. The zero-order valence-corrected chi connectivity index (χ0v) is 18.6. The molecule has 2 heterocycles. The number of fused-ring (bicyclic) bond motifs is 1. The quantitative estimate of drug-likeness (QED) is 0.584. The van der Waals surface area contributed by atoms with Crippen molar-refractivity contribution in [3.8, 4) is 0 Å². The summed E-state index contributed by atoms with van der Waals surface area (Å²) in [7, 11) is -3.58. The van der Waals surface area contributed by atoms with Gasteiger partial charge in [-0.1, -0.05) is 31.0 Å². The van der Waals surface area contributed by atoms with Crippen LogP contribution in [-0.4, -0.2) is 36.3 Å². The Bertz CT molecular complexity index is 1250. The molecule has 1 fully saturated rings. The zero-order valence-electron chi connectivity index (χ0n) is 17.8. The highest BCUT2D eigenvalue weighted by Gasteiger charge is 2.25. The van der Waals surface area contributed by atoms with Gasteiger partial charge >= 0.3 is 5.76 Å². The Balaban J connectivity index is 1.37. The van der Waals surface area contributed by atoms with Crippen LogP contribution in [0.2, 0.25) is 0 Å². The number of anilines is 1. The van der Waals surface area contributed by atoms with Gasteiger partial charge in [-0.05, 0) is 49.6 Å². The van der Waals surface area contributed by atoms with Crippen LogP contribution in [0.3, 0.4) is 0 Å². The number of para-hydroxylation sites is 2. The molecule has 32 heavy (non-hydrogen) atoms. The maximum Gasteiger partial charge on any atom is 0.419 e. The lowest BCUT2D eigenvalue weighted by Crippen LogP contribution is -2.32. The van der Waals surface area contributed by atoms with E-state index < -0.39 is 15.8 Å². The van der Waals surface area contributed by atoms with Crippen LogP contribution < -0.4 is 11.1 Å². The van der Waals surface area contributed by atoms with Gasteiger partial charge in [0.25, 0.3) is 0 Å². The fourth-order valence-electron chi connectivity index (χ4n) is 4.01. The van der Waals surface area contributed by atoms with Gasteiger partial charge in [0.05, 0.1) is 10.4 Å². The molecule has 0 aliphatic carbocycles. The first kappa shape index (κ1) is 22.3. The summed E-state index contributed by atoms with van der Waals surface area (Å²) in [6, 6.07) is 13.5. The van der Waals surface area contributed by atoms with E-state index in [0.29, 0.717) is 42.8 Å². The molecule has 8 nitrogen and oxygen atoms in total. The molecule has 1 aliphatic rings. The van der Waals surface area contributed by atoms with Gasteiger partial charge in [-0.3, -0.25) is 9.36 Å². The number of rotatable bonds is 7. The van der Waals surface area contributed by atoms with Crippen LogP contribution in [0.5, 0.6) is 0 Å². The first-order valence-corrected chi connectivity index (χ1v) is 12.4. The van der Waals surface area contributed by atoms with Crippen molar-refractivity contribution in [3.63, 3.8) is 0 Å². The van der Waals surface area contributed by atoms with E-state index in [1.807, 2.05) is 6.07 Å². The molecule has 0 radical (unpaired) electrons. The number of benzene rings is 2. The smallest absolute Gasteiger partial charge is 0.408 e. The molecule has 1 aromatic heterocycles. The summed E-state index contributed by atoms with van der Waals surface area (Å²) in [5.41, 5.74) is 1.66. The second-order valence-electron chi connectivity index (χ2n) is 7.99. The van der Waals surface area contributed by atoms with Crippen molar-refractivity contribution in [2.45, 2.75) is 50.0 Å². The van der Waals surface area contributed by atoms with Crippen molar-refractivity contribution in [1.82, 2.24) is 8.87 Å². The lowest BCUT2D eigenvalue weighted by molar-refractivity contribution is -0.116. The summed E-state index contributed by atoms with van der Waals surface area (Å²) in [5.74, 6) is -0.687. The number of aryl methyl sites for hydroxylation is 1. The topological polar surface area (TPSA) is 102 Å². The monoisotopic (exact) mass is 457 g/mol. The van der Waals surface area contributed by atoms with Crippen LogP contribution in [0.4, 0.5) is 5.69 Å². The molecule has 9 heteroatoms. The van der Waals surface area contributed by atoms with Crippen molar-refractivity contribution < 1.29 is 17.6 Å². The summed E-state index contributed by atoms with van der Waals surface area (Å²) < 4.78 is 34.2. The van der Waals surface area contributed by atoms with E-state index in [-0.39, 0.29) is 17.2 Å². The van der Waals surface area contributed by atoms with Gasteiger partial charge in [0.1, 0.15) is 0 Å². The maximum atomic E-state index is 13.0. The first-order chi connectivity index (χ1) is 15.4. The number of hydrogen-bond acceptors (Lipinski definition) is 5. The normalized spacial score (nSPS) is 15.5. The molecule has 1 N–H and O–H groups in total. The number of oxazole rings is 1. The van der Waals surface area contributed by atoms with E-state index >= 15 is 0 Å². The molecule has 0 bridgehead atoms. The van der Waals surface area contributed by atoms with Crippen LogP contribution in [0, 0.1) is 0 Å². The minimum atomic E-state index is -3.58. The standard InChI is InChI=1S/C23H27N3O5S/c27-22(13-8-16-26-20-11-3-4-12-21(20)31-23(26)28)24-18-9-7-10-19(17-18)32(29,30)25-14-5-1-2-6-15-25/h3-4,7,9-12,17H,1-2,5-6,8,13-16H2,(H,24,27). The van der Waals surface area contributed by atoms with Crippen LogP contribution >= 0.6 is 0 Å². The predicted octanol–water partition coefficient (Wildman–Crippen LogP) is 3.58. The molecule has 0 saturated carbocycles. The predicted molar refractivity (Wildman–Crippen MR) is 122 cm³/mol. The lowest BCUT2D eigenvalue weighted by Gasteiger charge is -2.20. The van der Waals surface area contributed by atoms with Gasteiger partial charge in [0.15, 0.2) is 5.58 Å². The van der Waals surface area contributed by atoms with E-state index in [9.17, 15) is 18.0 Å². The number of sulfonamides is 1. The highest BCUT2D eigenvalue weighted by Crippen LogP contribution is 2.23. The molecule has 1 aliphatic heterocycles. The van der Waals surface area contributed by atoms with E-state index in [1.165, 1.54) is 14.9 Å². The Morgan fingerprint density at radius 1 is 1.00 bits per heavy atom. The molecule has 170 valence electrons. The third kappa shape index (κ3) is 4.94. The number of hydrogen-bond donors (Lipinski definition) is 1. The second-order valence-corrected chi connectivity index (χ2v) is 9.92. The minimum absolute atomic E-state index is 0.189. The minimum Gasteiger partial charge on any atom is -0.408 e. The summed E-state index contributed by atoms with van der Waals surface area (Å²) >= 11 is 0. The van der Waals surface area contributed by atoms with E-state index in [1.54, 1.807) is 36.4 Å². The summed E-state index contributed by atoms with van der Waals surface area (Å²) in [6.07, 6.45) is 4.46. The summed E-state index contributed by atoms with van der Waals surface area (Å²) in [5, 5.41) is 2.77. The van der Waals surface area contributed by atoms with Crippen LogP contribution in [0.25, 0.3) is 11.1 Å². The molecule has 2 aromatic carbocycles. The first-order valence-electron chi connectivity index (χ1n) is 10.9. The third-order valence-corrected chi connectivity index (χ3v) is 7.57. The highest BCUT2D eigenvalue weighted by molar-refractivity contribution is 7.89. The Morgan fingerprint density at radius 2 is 1.75 bits per heavy atom. The maximum absolute atomic E-state index is 13.0. The van der Waals surface area contributed by atoms with E-state index in [4.69, 9.17) is 4.42 Å². The number of carbonyl (C=O) groups is 1. The van der Waals surface area contributed by atoms with Crippen molar-refractivity contribution in [2.24, 2.45) is 0 Å². The fraction of sp³-hybridized carbons (Fsp3) is 0.391. The number of nitrogens with zero attached hydrogens (tertiary/aromatic N) is 2. The van der Waals surface area contributed by atoms with Crippen LogP contribution in [0.1, 0.15) is 38.5 Å². The molecule has 0 unspecified atom stereocenters. The molecule has 0 spiro atoms. The Hall–Kier alpha value is -2.91. The summed E-state index contributed by atoms with van der Waals surface area (Å²) in [4.78, 5) is 24.6. The van der Waals surface area contributed by atoms with Crippen LogP contribution in [0.15, 0.2) is 62.6 Å². The highest BCUT2D eigenvalue weighted by atomic mass is 32.2. The van der Waals surface area contributed by atoms with Gasteiger partial charge in [-0.15, -0.1) is 0 Å². The average Bonchev–Trinajstić information content (AvgIpc) is 2.95. The zero-order chi connectivity index (χ0) is 22.6. The number of aromatic nitrogens is 1. The number of nitrogens with one attached hydrogen (secondary N) is 1. The van der Waals surface area contributed by atoms with Crippen LogP contribution in [-0.2, 0) is 21.4 Å². The van der Waals surface area contributed by atoms with Crippen molar-refractivity contribution in [1.29, 1.82) is 0 Å². The van der Waals surface area contributed by atoms with Crippen molar-refractivity contribution in [3.05, 3.63) is 59.1 Å². The van der Waals surface area contributed by atoms with Gasteiger partial charge < -0.3 is 9.73 Å². The van der Waals surface area contributed by atoms with Gasteiger partial charge in [-0.2, -0.15) is 4.31 Å². The van der Waals surface area contributed by atoms with Gasteiger partial charge in [-0.25, -0.2) is 13.2 Å². The lowest BCUT2D eigenvalue weighted by atomic mass is 10.2. The fourth-order valence-corrected chi connectivity index (χ4v) is 5.58. The molecular weight excluding hydrogens is 430 g/mol. The molecular formula is C23H27N3O5S. The van der Waals surface area contributed by atoms with Gasteiger partial charge in [0, 0.05) is 31.7 Å². The van der Waals surface area contributed by atoms with Gasteiger partial charge in [0.2, 0.25) is 15.9 Å². The van der Waals surface area contributed by atoms with Crippen molar-refractivity contribution in [2.75, 3.05) is 18.4 Å². The molecule has 1 saturated heterocycles. The van der Waals surface area contributed by atoms with Crippen molar-refractivity contribution >= 4 is 32.7 Å². The Labute approximate surface area is 186 Å². The van der Waals surface area contributed by atoms with E-state index in [0.717, 1.165) is 25.7 Å². The number of amides is 1.